The maximum absolute atomic E-state index is 12.1. The minimum absolute atomic E-state index is 0.213. The Labute approximate surface area is 302 Å². The van der Waals surface area contributed by atoms with Crippen molar-refractivity contribution in [3.05, 3.63) is 109 Å². The number of hydrogen-bond acceptors (Lipinski definition) is 4. The fourth-order valence-electron chi connectivity index (χ4n) is 4.78. The van der Waals surface area contributed by atoms with Gasteiger partial charge in [-0.05, 0) is 83.5 Å². The molecule has 4 heteroatoms. The van der Waals surface area contributed by atoms with E-state index in [-0.39, 0.29) is 19.2 Å². The van der Waals surface area contributed by atoms with Crippen LogP contribution >= 0.6 is 0 Å². The van der Waals surface area contributed by atoms with Gasteiger partial charge in [0.05, 0.1) is 13.2 Å². The van der Waals surface area contributed by atoms with E-state index in [0.717, 1.165) is 70.6 Å². The number of unbranched alkanes of at least 4 members (excludes halogenated alkanes) is 8. The summed E-state index contributed by atoms with van der Waals surface area (Å²) >= 11 is 0. The summed E-state index contributed by atoms with van der Waals surface area (Å²) in [5.41, 5.74) is 0. The summed E-state index contributed by atoms with van der Waals surface area (Å²) in [5, 5.41) is 9.57. The molecule has 0 radical (unpaired) electrons. The highest BCUT2D eigenvalue weighted by Crippen LogP contribution is 2.11. The number of hydrogen-bond donors (Lipinski definition) is 1. The Morgan fingerprint density at radius 1 is 0.490 bits per heavy atom. The van der Waals surface area contributed by atoms with Crippen LogP contribution in [0.4, 0.5) is 0 Å². The van der Waals surface area contributed by atoms with Gasteiger partial charge >= 0.3 is 5.97 Å². The third kappa shape index (κ3) is 39.4. The summed E-state index contributed by atoms with van der Waals surface area (Å²) in [6.45, 7) is 5.00. The number of aliphatic hydroxyl groups is 1. The Balaban J connectivity index is 3.63. The molecule has 0 fully saturated rings. The van der Waals surface area contributed by atoms with Crippen molar-refractivity contribution >= 4 is 5.97 Å². The van der Waals surface area contributed by atoms with Crippen molar-refractivity contribution in [2.24, 2.45) is 0 Å². The molecule has 1 unspecified atom stereocenters. The number of rotatable bonds is 34. The lowest BCUT2D eigenvalue weighted by molar-refractivity contribution is -0.154. The molecule has 0 rings (SSSR count). The minimum atomic E-state index is -0.586. The first-order valence-corrected chi connectivity index (χ1v) is 19.5. The quantitative estimate of drug-likeness (QED) is 0.0419. The highest BCUT2D eigenvalue weighted by Gasteiger charge is 2.13. The molecule has 49 heavy (non-hydrogen) atoms. The average Bonchev–Trinajstić information content (AvgIpc) is 3.11. The van der Waals surface area contributed by atoms with Gasteiger partial charge in [0.25, 0.3) is 0 Å². The zero-order valence-corrected chi connectivity index (χ0v) is 31.4. The molecule has 0 saturated carbocycles. The van der Waals surface area contributed by atoms with Gasteiger partial charge in [0.15, 0.2) is 0 Å². The van der Waals surface area contributed by atoms with Crippen molar-refractivity contribution in [1.29, 1.82) is 0 Å². The van der Waals surface area contributed by atoms with Gasteiger partial charge in [0.1, 0.15) is 6.10 Å². The molecule has 1 atom stereocenters. The van der Waals surface area contributed by atoms with Gasteiger partial charge in [-0.2, -0.15) is 0 Å². The Hall–Kier alpha value is -2.95. The second-order valence-corrected chi connectivity index (χ2v) is 12.2. The van der Waals surface area contributed by atoms with Gasteiger partial charge in [-0.25, -0.2) is 0 Å². The van der Waals surface area contributed by atoms with Crippen LogP contribution in [-0.4, -0.2) is 37.0 Å². The third-order valence-corrected chi connectivity index (χ3v) is 7.61. The molecule has 0 spiro atoms. The topological polar surface area (TPSA) is 55.8 Å². The Morgan fingerprint density at radius 3 is 1.29 bits per heavy atom. The largest absolute Gasteiger partial charge is 0.457 e. The molecule has 276 valence electrons. The third-order valence-electron chi connectivity index (χ3n) is 7.61. The number of allylic oxidation sites excluding steroid dienone is 18. The summed E-state index contributed by atoms with van der Waals surface area (Å²) in [6.07, 6.45) is 60.0. The fraction of sp³-hybridized carbons (Fsp3) is 0.578. The molecule has 0 aliphatic rings. The van der Waals surface area contributed by atoms with Crippen molar-refractivity contribution in [1.82, 2.24) is 0 Å². The number of carbonyl (C=O) groups excluding carboxylic acids is 1. The smallest absolute Gasteiger partial charge is 0.306 e. The average molecular weight is 677 g/mol. The molecule has 0 saturated heterocycles. The van der Waals surface area contributed by atoms with Crippen molar-refractivity contribution in [3.63, 3.8) is 0 Å². The Morgan fingerprint density at radius 2 is 0.857 bits per heavy atom. The van der Waals surface area contributed by atoms with Gasteiger partial charge in [-0.3, -0.25) is 4.79 Å². The Bertz CT molecular complexity index is 976. The molecule has 1 N–H and O–H groups in total. The molecule has 0 aliphatic carbocycles. The first-order chi connectivity index (χ1) is 24.2. The van der Waals surface area contributed by atoms with Gasteiger partial charge in [-0.15, -0.1) is 0 Å². The van der Waals surface area contributed by atoms with E-state index >= 15 is 0 Å². The van der Waals surface area contributed by atoms with Crippen LogP contribution in [0.5, 0.6) is 0 Å². The van der Waals surface area contributed by atoms with E-state index in [2.05, 4.69) is 117 Å². The SMILES string of the molecule is CC/C=C\C/C=C\C/C=C\C/C=C\C/C=C\C/C=C\CCC(=O)OC(CO)COCCCCCCCCCC/C=C\C/C=C\C/C=C\CC. The van der Waals surface area contributed by atoms with Crippen molar-refractivity contribution in [2.75, 3.05) is 19.8 Å². The van der Waals surface area contributed by atoms with E-state index < -0.39 is 6.10 Å². The van der Waals surface area contributed by atoms with Gasteiger partial charge in [0, 0.05) is 13.0 Å². The van der Waals surface area contributed by atoms with Gasteiger partial charge in [0.2, 0.25) is 0 Å². The van der Waals surface area contributed by atoms with Crippen molar-refractivity contribution in [2.45, 2.75) is 148 Å². The van der Waals surface area contributed by atoms with E-state index in [1.165, 1.54) is 44.9 Å². The zero-order valence-electron chi connectivity index (χ0n) is 31.4. The molecule has 0 bridgehead atoms. The highest BCUT2D eigenvalue weighted by atomic mass is 16.6. The van der Waals surface area contributed by atoms with Crippen LogP contribution in [0.15, 0.2) is 109 Å². The molecular weight excluding hydrogens is 604 g/mol. The minimum Gasteiger partial charge on any atom is -0.457 e. The summed E-state index contributed by atoms with van der Waals surface area (Å²) in [6, 6.07) is 0. The predicted octanol–water partition coefficient (Wildman–Crippen LogP) is 12.8. The first kappa shape index (κ1) is 46.1. The van der Waals surface area contributed by atoms with Crippen LogP contribution < -0.4 is 0 Å². The number of esters is 1. The van der Waals surface area contributed by atoms with Crippen LogP contribution in [0.3, 0.4) is 0 Å². The summed E-state index contributed by atoms with van der Waals surface area (Å²) in [4.78, 5) is 12.1. The standard InChI is InChI=1S/C45H72O4/c1-3-5-7-9-11-13-15-17-19-21-23-24-26-28-30-32-34-36-38-40-45(47)49-44(42-46)43-48-41-39-37-35-33-31-29-27-25-22-20-18-16-14-12-10-8-6-4-2/h5-8,11-14,17-20,23-24,28,30,34,36,44,46H,3-4,9-10,15-16,21-22,25-27,29,31-33,35,37-43H2,1-2H3/b7-5-,8-6-,13-11-,14-12-,19-17-,20-18-,24-23-,30-28-,36-34-. The van der Waals surface area contributed by atoms with Gasteiger partial charge < -0.3 is 14.6 Å². The molecule has 0 aromatic rings. The second-order valence-electron chi connectivity index (χ2n) is 12.2. The van der Waals surface area contributed by atoms with Crippen LogP contribution in [0.2, 0.25) is 0 Å². The number of carbonyl (C=O) groups is 1. The molecular formula is C45H72O4. The van der Waals surface area contributed by atoms with Crippen LogP contribution in [-0.2, 0) is 14.3 Å². The lowest BCUT2D eigenvalue weighted by Crippen LogP contribution is -2.27. The number of aliphatic hydroxyl groups excluding tert-OH is 1. The number of ether oxygens (including phenoxy) is 2. The van der Waals surface area contributed by atoms with E-state index in [4.69, 9.17) is 9.47 Å². The first-order valence-electron chi connectivity index (χ1n) is 19.5. The van der Waals surface area contributed by atoms with Crippen LogP contribution in [0.25, 0.3) is 0 Å². The van der Waals surface area contributed by atoms with Crippen molar-refractivity contribution in [3.8, 4) is 0 Å². The fourth-order valence-corrected chi connectivity index (χ4v) is 4.78. The molecule has 0 aromatic heterocycles. The maximum Gasteiger partial charge on any atom is 0.306 e. The second kappa shape index (κ2) is 41.2. The zero-order chi connectivity index (χ0) is 35.6. The summed E-state index contributed by atoms with van der Waals surface area (Å²) in [7, 11) is 0. The van der Waals surface area contributed by atoms with E-state index in [9.17, 15) is 9.90 Å². The van der Waals surface area contributed by atoms with Crippen LogP contribution in [0, 0.1) is 0 Å². The molecule has 0 aromatic carbocycles. The summed E-state index contributed by atoms with van der Waals surface area (Å²) in [5.74, 6) is -0.290. The lowest BCUT2D eigenvalue weighted by atomic mass is 10.1. The van der Waals surface area contributed by atoms with Crippen molar-refractivity contribution < 1.29 is 19.4 Å². The monoisotopic (exact) mass is 677 g/mol. The van der Waals surface area contributed by atoms with Gasteiger partial charge in [-0.1, -0.05) is 162 Å². The Kier molecular flexibility index (Phi) is 38.7. The predicted molar refractivity (Wildman–Crippen MR) is 214 cm³/mol. The molecule has 0 aliphatic heterocycles. The van der Waals surface area contributed by atoms with E-state index in [0.29, 0.717) is 19.4 Å². The van der Waals surface area contributed by atoms with Crippen LogP contribution in [0.1, 0.15) is 142 Å². The van der Waals surface area contributed by atoms with E-state index in [1.54, 1.807) is 0 Å². The highest BCUT2D eigenvalue weighted by molar-refractivity contribution is 5.69. The molecule has 0 amide bonds. The summed E-state index contributed by atoms with van der Waals surface area (Å²) < 4.78 is 11.1. The lowest BCUT2D eigenvalue weighted by Gasteiger charge is -2.15. The normalized spacial score (nSPS) is 13.6. The maximum atomic E-state index is 12.1. The molecule has 0 heterocycles. The molecule has 4 nitrogen and oxygen atoms in total. The van der Waals surface area contributed by atoms with E-state index in [1.807, 2.05) is 6.08 Å².